The van der Waals surface area contributed by atoms with Crippen molar-refractivity contribution in [3.8, 4) is 0 Å². The van der Waals surface area contributed by atoms with E-state index in [1.165, 1.54) is 0 Å². The molecule has 1 aliphatic carbocycles. The fourth-order valence-electron chi connectivity index (χ4n) is 6.23. The van der Waals surface area contributed by atoms with E-state index in [-0.39, 0.29) is 42.5 Å². The molecule has 2 aliphatic rings. The number of fused-ring (bicyclic) bond motifs is 1. The third-order valence-corrected chi connectivity index (χ3v) is 9.06. The molecule has 2 aromatic carbocycles. The van der Waals surface area contributed by atoms with E-state index < -0.39 is 48.5 Å². The second kappa shape index (κ2) is 16.2. The normalized spacial score (nSPS) is 18.3. The summed E-state index contributed by atoms with van der Waals surface area (Å²) in [5, 5.41) is 43.1. The molecule has 2 aromatic rings. The Morgan fingerprint density at radius 1 is 0.809 bits per heavy atom. The lowest BCUT2D eigenvalue weighted by Gasteiger charge is -2.24. The molecule has 4 atom stereocenters. The molecule has 0 bridgehead atoms. The van der Waals surface area contributed by atoms with Crippen LogP contribution in [0.25, 0.3) is 10.8 Å². The number of carbonyl (C=O) groups is 6. The molecule has 47 heavy (non-hydrogen) atoms. The summed E-state index contributed by atoms with van der Waals surface area (Å²) in [6.45, 7) is 1.96. The molecular formula is C33H43N5O9. The Morgan fingerprint density at radius 2 is 1.47 bits per heavy atom. The molecule has 1 heterocycles. The lowest BCUT2D eigenvalue weighted by molar-refractivity contribution is -0.141. The van der Waals surface area contributed by atoms with Crippen molar-refractivity contribution in [2.24, 2.45) is 11.3 Å². The van der Waals surface area contributed by atoms with E-state index >= 15 is 0 Å². The zero-order valence-corrected chi connectivity index (χ0v) is 26.1. The van der Waals surface area contributed by atoms with Crippen LogP contribution in [0.3, 0.4) is 0 Å². The van der Waals surface area contributed by atoms with Crippen LogP contribution in [-0.2, 0) is 30.4 Å². The van der Waals surface area contributed by atoms with Gasteiger partial charge in [-0.1, -0.05) is 42.5 Å². The highest BCUT2D eigenvalue weighted by Crippen LogP contribution is 2.58. The van der Waals surface area contributed by atoms with Crippen LogP contribution >= 0.6 is 0 Å². The summed E-state index contributed by atoms with van der Waals surface area (Å²) in [7, 11) is 0. The summed E-state index contributed by atoms with van der Waals surface area (Å²) in [5.74, 6) is -4.58. The van der Waals surface area contributed by atoms with Gasteiger partial charge in [0, 0.05) is 25.3 Å². The maximum atomic E-state index is 13.4. The second-order valence-corrected chi connectivity index (χ2v) is 12.4. The monoisotopic (exact) mass is 653 g/mol. The van der Waals surface area contributed by atoms with Gasteiger partial charge in [0.05, 0.1) is 0 Å². The van der Waals surface area contributed by atoms with Crippen molar-refractivity contribution in [1.29, 1.82) is 0 Å². The zero-order chi connectivity index (χ0) is 34.0. The van der Waals surface area contributed by atoms with Crippen LogP contribution in [0.2, 0.25) is 0 Å². The van der Waals surface area contributed by atoms with Crippen molar-refractivity contribution in [3.05, 3.63) is 48.0 Å². The number of carbonyl (C=O) groups excluding carboxylic acids is 3. The SMILES string of the molecule is O=C(O)CC[C@H](NC(=O)N[C@@H](CCCCNC(=O)[C@H](Cc1ccc2ccccc2c1)NC(=O)C1CC12CCNCC2)C(=O)O)C(=O)O. The van der Waals surface area contributed by atoms with E-state index in [1.807, 2.05) is 42.5 Å². The molecule has 254 valence electrons. The fourth-order valence-corrected chi connectivity index (χ4v) is 6.23. The van der Waals surface area contributed by atoms with Crippen LogP contribution in [0, 0.1) is 11.3 Å². The quantitative estimate of drug-likeness (QED) is 0.115. The van der Waals surface area contributed by atoms with Gasteiger partial charge >= 0.3 is 23.9 Å². The highest BCUT2D eigenvalue weighted by Gasteiger charge is 2.57. The molecule has 1 spiro atoms. The molecular weight excluding hydrogens is 610 g/mol. The summed E-state index contributed by atoms with van der Waals surface area (Å²) < 4.78 is 0. The van der Waals surface area contributed by atoms with Crippen LogP contribution in [0.5, 0.6) is 0 Å². The Bertz CT molecular complexity index is 1480. The van der Waals surface area contributed by atoms with Gasteiger partial charge in [-0.25, -0.2) is 14.4 Å². The van der Waals surface area contributed by atoms with Crippen molar-refractivity contribution >= 4 is 46.5 Å². The molecule has 4 rings (SSSR count). The van der Waals surface area contributed by atoms with Crippen molar-refractivity contribution in [1.82, 2.24) is 26.6 Å². The predicted molar refractivity (Wildman–Crippen MR) is 170 cm³/mol. The van der Waals surface area contributed by atoms with Gasteiger partial charge in [0.25, 0.3) is 0 Å². The maximum absolute atomic E-state index is 13.4. The number of hydrogen-bond acceptors (Lipinski definition) is 7. The minimum atomic E-state index is -1.50. The molecule has 1 saturated heterocycles. The van der Waals surface area contributed by atoms with Gasteiger partial charge in [0.15, 0.2) is 0 Å². The highest BCUT2D eigenvalue weighted by molar-refractivity contribution is 5.91. The fraction of sp³-hybridized carbons (Fsp3) is 0.515. The minimum absolute atomic E-state index is 0.00135. The second-order valence-electron chi connectivity index (χ2n) is 12.4. The van der Waals surface area contributed by atoms with Crippen LogP contribution in [0.1, 0.15) is 56.9 Å². The van der Waals surface area contributed by atoms with Crippen molar-refractivity contribution in [2.75, 3.05) is 19.6 Å². The van der Waals surface area contributed by atoms with Gasteiger partial charge < -0.3 is 41.9 Å². The third kappa shape index (κ3) is 10.1. The van der Waals surface area contributed by atoms with E-state index in [0.29, 0.717) is 19.3 Å². The zero-order valence-electron chi connectivity index (χ0n) is 26.1. The smallest absolute Gasteiger partial charge is 0.326 e. The molecule has 1 aliphatic heterocycles. The Balaban J connectivity index is 1.29. The Morgan fingerprint density at radius 3 is 2.13 bits per heavy atom. The number of nitrogens with one attached hydrogen (secondary N) is 5. The van der Waals surface area contributed by atoms with Crippen LogP contribution in [0.15, 0.2) is 42.5 Å². The first-order valence-corrected chi connectivity index (χ1v) is 16.0. The largest absolute Gasteiger partial charge is 0.481 e. The third-order valence-electron chi connectivity index (χ3n) is 9.06. The average Bonchev–Trinajstić information content (AvgIpc) is 3.73. The summed E-state index contributed by atoms with van der Waals surface area (Å²) in [4.78, 5) is 72.7. The molecule has 1 unspecified atom stereocenters. The summed E-state index contributed by atoms with van der Waals surface area (Å²) in [5.41, 5.74) is 0.913. The molecule has 14 heteroatoms. The number of rotatable bonds is 17. The topological polar surface area (TPSA) is 223 Å². The highest BCUT2D eigenvalue weighted by atomic mass is 16.4. The first kappa shape index (κ1) is 35.1. The Labute approximate surface area is 272 Å². The number of benzene rings is 2. The lowest BCUT2D eigenvalue weighted by atomic mass is 9.91. The number of carboxylic acids is 3. The van der Waals surface area contributed by atoms with Crippen molar-refractivity contribution in [3.63, 3.8) is 0 Å². The van der Waals surface area contributed by atoms with Gasteiger partial charge in [-0.15, -0.1) is 0 Å². The lowest BCUT2D eigenvalue weighted by Crippen LogP contribution is -2.51. The maximum Gasteiger partial charge on any atom is 0.326 e. The molecule has 1 saturated carbocycles. The first-order chi connectivity index (χ1) is 22.5. The number of unbranched alkanes of at least 4 members (excludes halogenated alkanes) is 1. The van der Waals surface area contributed by atoms with E-state index in [9.17, 15) is 39.0 Å². The number of amides is 4. The van der Waals surface area contributed by atoms with E-state index in [2.05, 4.69) is 26.6 Å². The van der Waals surface area contributed by atoms with Gasteiger partial charge in [-0.2, -0.15) is 0 Å². The van der Waals surface area contributed by atoms with Gasteiger partial charge in [-0.05, 0) is 79.8 Å². The number of urea groups is 1. The van der Waals surface area contributed by atoms with E-state index in [1.54, 1.807) is 0 Å². The van der Waals surface area contributed by atoms with Crippen LogP contribution < -0.4 is 26.6 Å². The van der Waals surface area contributed by atoms with Gasteiger partial charge in [0.2, 0.25) is 11.8 Å². The summed E-state index contributed by atoms with van der Waals surface area (Å²) in [6, 6.07) is 9.15. The molecule has 8 N–H and O–H groups in total. The van der Waals surface area contributed by atoms with Crippen molar-refractivity contribution < 1.29 is 44.1 Å². The molecule has 14 nitrogen and oxygen atoms in total. The number of hydrogen-bond donors (Lipinski definition) is 8. The molecule has 4 amide bonds. The molecule has 0 aromatic heterocycles. The summed E-state index contributed by atoms with van der Waals surface area (Å²) in [6.07, 6.45) is 2.82. The number of piperidine rings is 1. The average molecular weight is 654 g/mol. The predicted octanol–water partition coefficient (Wildman–Crippen LogP) is 1.61. The van der Waals surface area contributed by atoms with E-state index in [4.69, 9.17) is 5.11 Å². The van der Waals surface area contributed by atoms with Crippen LogP contribution in [0.4, 0.5) is 4.79 Å². The van der Waals surface area contributed by atoms with Gasteiger partial charge in [-0.3, -0.25) is 14.4 Å². The number of carboxylic acid groups (broad SMARTS) is 3. The minimum Gasteiger partial charge on any atom is -0.481 e. The van der Waals surface area contributed by atoms with Crippen molar-refractivity contribution in [2.45, 2.75) is 75.9 Å². The Kier molecular flexibility index (Phi) is 12.1. The summed E-state index contributed by atoms with van der Waals surface area (Å²) >= 11 is 0. The van der Waals surface area contributed by atoms with Gasteiger partial charge in [0.1, 0.15) is 18.1 Å². The first-order valence-electron chi connectivity index (χ1n) is 16.0. The van der Waals surface area contributed by atoms with E-state index in [0.717, 1.165) is 48.7 Å². The number of aliphatic carboxylic acids is 3. The standard InChI is InChI=1S/C33H43N5O9/c39-27(40)11-10-25(31(45)46)38-32(47)37-24(30(43)44)7-3-4-14-35-29(42)26(18-20-8-9-21-5-1-2-6-22(21)17-20)36-28(41)23-19-33(23)12-15-34-16-13-33/h1-2,5-6,8-9,17,23-26,34H,3-4,7,10-16,18-19H2,(H,35,42)(H,36,41)(H,39,40)(H,43,44)(H,45,46)(H2,37,38,47)/t23?,24-,25-,26-/m0/s1. The van der Waals surface area contributed by atoms with Crippen LogP contribution in [-0.4, -0.2) is 88.8 Å². The molecule has 2 fully saturated rings. The molecule has 0 radical (unpaired) electrons. The Hall–Kier alpha value is -4.72.